The average molecular weight is 264 g/mol. The van der Waals surface area contributed by atoms with Crippen LogP contribution in [0, 0.1) is 0 Å². The normalized spacial score (nSPS) is 11.9. The molecule has 0 fully saturated rings. The number of allylic oxidation sites excluding steroid dienone is 4. The predicted molar refractivity (Wildman–Crippen MR) is 89.6 cm³/mol. The molecule has 0 aliphatic rings. The molecule has 0 radical (unpaired) electrons. The van der Waals surface area contributed by atoms with Gasteiger partial charge in [0, 0.05) is 0 Å². The lowest BCUT2D eigenvalue weighted by Crippen LogP contribution is -1.81. The first-order chi connectivity index (χ1) is 9.41. The summed E-state index contributed by atoms with van der Waals surface area (Å²) in [4.78, 5) is 0. The first-order valence-corrected chi connectivity index (χ1v) is 8.71. The van der Waals surface area contributed by atoms with Crippen molar-refractivity contribution in [3.05, 3.63) is 24.3 Å². The maximum absolute atomic E-state index is 2.35. The quantitative estimate of drug-likeness (QED) is 0.230. The molecule has 0 spiro atoms. The van der Waals surface area contributed by atoms with Crippen LogP contribution in [0.3, 0.4) is 0 Å². The van der Waals surface area contributed by atoms with Gasteiger partial charge in [-0.3, -0.25) is 0 Å². The number of unbranched alkanes of at least 4 members (excludes halogenated alkanes) is 10. The topological polar surface area (TPSA) is 0 Å². The Morgan fingerprint density at radius 1 is 0.526 bits per heavy atom. The van der Waals surface area contributed by atoms with Crippen LogP contribution >= 0.6 is 0 Å². The van der Waals surface area contributed by atoms with E-state index >= 15 is 0 Å². The lowest BCUT2D eigenvalue weighted by molar-refractivity contribution is 0.557. The summed E-state index contributed by atoms with van der Waals surface area (Å²) >= 11 is 0. The van der Waals surface area contributed by atoms with E-state index in [1.165, 1.54) is 70.6 Å². The zero-order valence-electron chi connectivity index (χ0n) is 13.5. The molecule has 0 rings (SSSR count). The highest BCUT2D eigenvalue weighted by molar-refractivity contribution is 4.92. The van der Waals surface area contributed by atoms with E-state index in [4.69, 9.17) is 0 Å². The fourth-order valence-corrected chi connectivity index (χ4v) is 2.31. The molecule has 0 atom stereocenters. The van der Waals surface area contributed by atoms with Gasteiger partial charge in [-0.05, 0) is 25.7 Å². The largest absolute Gasteiger partial charge is 0.0885 e. The van der Waals surface area contributed by atoms with Crippen molar-refractivity contribution in [1.29, 1.82) is 0 Å². The monoisotopic (exact) mass is 264 g/mol. The van der Waals surface area contributed by atoms with E-state index < -0.39 is 0 Å². The minimum Gasteiger partial charge on any atom is -0.0885 e. The minimum absolute atomic E-state index is 1.12. The molecule has 0 heteroatoms. The van der Waals surface area contributed by atoms with Crippen LogP contribution in [0.5, 0.6) is 0 Å². The Bertz CT molecular complexity index is 200. The second-order valence-electron chi connectivity index (χ2n) is 5.56. The Kier molecular flexibility index (Phi) is 17.0. The maximum atomic E-state index is 2.35. The predicted octanol–water partition coefficient (Wildman–Crippen LogP) is 7.21. The molecule has 0 saturated heterocycles. The molecule has 0 aliphatic carbocycles. The van der Waals surface area contributed by atoms with Crippen molar-refractivity contribution >= 4 is 0 Å². The highest BCUT2D eigenvalue weighted by Crippen LogP contribution is 2.11. The standard InChI is InChI=1S/C19H36/c1-3-5-7-9-11-13-15-17-19-18-16-14-12-10-8-6-4-2/h5,7,11,13H,3-4,6,8-10,12,14-19H2,1-2H3. The first-order valence-electron chi connectivity index (χ1n) is 8.71. The van der Waals surface area contributed by atoms with Gasteiger partial charge >= 0.3 is 0 Å². The molecule has 112 valence electrons. The zero-order chi connectivity index (χ0) is 14.0. The molecule has 0 aromatic rings. The van der Waals surface area contributed by atoms with Gasteiger partial charge in [0.1, 0.15) is 0 Å². The van der Waals surface area contributed by atoms with E-state index in [0.29, 0.717) is 0 Å². The first kappa shape index (κ1) is 18.5. The second kappa shape index (κ2) is 17.5. The summed E-state index contributed by atoms with van der Waals surface area (Å²) in [5.41, 5.74) is 0. The summed E-state index contributed by atoms with van der Waals surface area (Å²) in [7, 11) is 0. The SMILES string of the molecule is CCC=CCC=CCCCCCCCCCCCC. The molecule has 0 unspecified atom stereocenters. The van der Waals surface area contributed by atoms with Gasteiger partial charge in [0.2, 0.25) is 0 Å². The van der Waals surface area contributed by atoms with Crippen molar-refractivity contribution in [1.82, 2.24) is 0 Å². The van der Waals surface area contributed by atoms with Crippen LogP contribution in [-0.2, 0) is 0 Å². The van der Waals surface area contributed by atoms with Gasteiger partial charge in [0.25, 0.3) is 0 Å². The van der Waals surface area contributed by atoms with Gasteiger partial charge in [-0.15, -0.1) is 0 Å². The Balaban J connectivity index is 3.04. The van der Waals surface area contributed by atoms with Gasteiger partial charge < -0.3 is 0 Å². The smallest absolute Gasteiger partial charge is 0.0169 e. The van der Waals surface area contributed by atoms with Gasteiger partial charge in [0.15, 0.2) is 0 Å². The summed E-state index contributed by atoms with van der Waals surface area (Å²) < 4.78 is 0. The molecular weight excluding hydrogens is 228 g/mol. The van der Waals surface area contributed by atoms with Crippen molar-refractivity contribution in [2.24, 2.45) is 0 Å². The molecule has 0 amide bonds. The van der Waals surface area contributed by atoms with Crippen LogP contribution in [0.1, 0.15) is 97.3 Å². The van der Waals surface area contributed by atoms with Crippen molar-refractivity contribution in [3.8, 4) is 0 Å². The molecule has 0 saturated carbocycles. The van der Waals surface area contributed by atoms with E-state index in [9.17, 15) is 0 Å². The lowest BCUT2D eigenvalue weighted by Gasteiger charge is -2.01. The summed E-state index contributed by atoms with van der Waals surface area (Å²) in [6.07, 6.45) is 27.0. The Hall–Kier alpha value is -0.520. The molecule has 19 heavy (non-hydrogen) atoms. The van der Waals surface area contributed by atoms with E-state index in [-0.39, 0.29) is 0 Å². The van der Waals surface area contributed by atoms with Crippen molar-refractivity contribution in [3.63, 3.8) is 0 Å². The number of rotatable bonds is 14. The highest BCUT2D eigenvalue weighted by Gasteiger charge is 1.91. The fraction of sp³-hybridized carbons (Fsp3) is 0.789. The van der Waals surface area contributed by atoms with Crippen LogP contribution in [-0.4, -0.2) is 0 Å². The molecule has 0 aromatic carbocycles. The lowest BCUT2D eigenvalue weighted by atomic mass is 10.1. The van der Waals surface area contributed by atoms with Gasteiger partial charge in [-0.25, -0.2) is 0 Å². The van der Waals surface area contributed by atoms with Crippen LogP contribution in [0.2, 0.25) is 0 Å². The van der Waals surface area contributed by atoms with Crippen LogP contribution in [0.4, 0.5) is 0 Å². The Labute approximate surface area is 122 Å². The van der Waals surface area contributed by atoms with E-state index in [1.54, 1.807) is 0 Å². The summed E-state index contributed by atoms with van der Waals surface area (Å²) in [5, 5.41) is 0. The van der Waals surface area contributed by atoms with Crippen LogP contribution in [0.25, 0.3) is 0 Å². The minimum atomic E-state index is 1.12. The maximum Gasteiger partial charge on any atom is -0.0169 e. The highest BCUT2D eigenvalue weighted by atomic mass is 14.0. The molecule has 0 heterocycles. The van der Waals surface area contributed by atoms with Crippen molar-refractivity contribution in [2.75, 3.05) is 0 Å². The van der Waals surface area contributed by atoms with Crippen LogP contribution < -0.4 is 0 Å². The second-order valence-corrected chi connectivity index (χ2v) is 5.56. The molecule has 0 nitrogen and oxygen atoms in total. The van der Waals surface area contributed by atoms with Gasteiger partial charge in [-0.2, -0.15) is 0 Å². The molecule has 0 N–H and O–H groups in total. The third-order valence-corrected chi connectivity index (χ3v) is 3.57. The third-order valence-electron chi connectivity index (χ3n) is 3.57. The van der Waals surface area contributed by atoms with E-state index in [2.05, 4.69) is 38.2 Å². The molecule has 0 aliphatic heterocycles. The van der Waals surface area contributed by atoms with Crippen LogP contribution in [0.15, 0.2) is 24.3 Å². The van der Waals surface area contributed by atoms with Gasteiger partial charge in [-0.1, -0.05) is 95.9 Å². The van der Waals surface area contributed by atoms with Crippen molar-refractivity contribution < 1.29 is 0 Å². The Morgan fingerprint density at radius 3 is 1.63 bits per heavy atom. The molecular formula is C19H36. The van der Waals surface area contributed by atoms with E-state index in [0.717, 1.165) is 12.8 Å². The molecule has 0 aromatic heterocycles. The number of hydrogen-bond acceptors (Lipinski definition) is 0. The summed E-state index contributed by atoms with van der Waals surface area (Å²) in [6, 6.07) is 0. The Morgan fingerprint density at radius 2 is 1.05 bits per heavy atom. The summed E-state index contributed by atoms with van der Waals surface area (Å²) in [6.45, 7) is 4.47. The zero-order valence-corrected chi connectivity index (χ0v) is 13.5. The average Bonchev–Trinajstić information content (AvgIpc) is 2.43. The molecule has 0 bridgehead atoms. The van der Waals surface area contributed by atoms with Gasteiger partial charge in [0.05, 0.1) is 0 Å². The third kappa shape index (κ3) is 17.5. The van der Waals surface area contributed by atoms with Crippen molar-refractivity contribution in [2.45, 2.75) is 97.3 Å². The summed E-state index contributed by atoms with van der Waals surface area (Å²) in [5.74, 6) is 0. The number of hydrogen-bond donors (Lipinski definition) is 0. The van der Waals surface area contributed by atoms with E-state index in [1.807, 2.05) is 0 Å². The fourth-order valence-electron chi connectivity index (χ4n) is 2.31.